The number of aryl methyl sites for hydroxylation is 2. The zero-order valence-electron chi connectivity index (χ0n) is 25.9. The van der Waals surface area contributed by atoms with Gasteiger partial charge in [-0.3, -0.25) is 9.69 Å². The number of carbonyl (C=O) groups excluding carboxylic acids is 2. The minimum absolute atomic E-state index is 0.0191. The Morgan fingerprint density at radius 2 is 1.81 bits per heavy atom. The molecule has 2 unspecified atom stereocenters. The Hall–Kier alpha value is -3.57. The highest BCUT2D eigenvalue weighted by Gasteiger charge is 2.39. The van der Waals surface area contributed by atoms with Gasteiger partial charge in [0.1, 0.15) is 5.60 Å². The molecule has 1 heterocycles. The highest BCUT2D eigenvalue weighted by Crippen LogP contribution is 2.30. The highest BCUT2D eigenvalue weighted by atomic mass is 32.2. The minimum atomic E-state index is -4.34. The molecule has 0 bridgehead atoms. The molecule has 10 nitrogen and oxygen atoms in total. The third kappa shape index (κ3) is 10.6. The SMILES string of the molecule is CCC(C)CN(C(=O)OC(C)(C)C)[C@H](c1cccc(C)c1)S(=O)(=O)NCC(=O)C(CCc1ccccc1)OC1=COCO1. The van der Waals surface area contributed by atoms with Crippen LogP contribution in [0, 0.1) is 12.8 Å². The molecule has 3 atom stereocenters. The van der Waals surface area contributed by atoms with Gasteiger partial charge >= 0.3 is 12.0 Å². The van der Waals surface area contributed by atoms with Crippen molar-refractivity contribution in [3.63, 3.8) is 0 Å². The number of hydrogen-bond donors (Lipinski definition) is 1. The zero-order valence-corrected chi connectivity index (χ0v) is 26.7. The lowest BCUT2D eigenvalue weighted by Crippen LogP contribution is -2.48. The summed E-state index contributed by atoms with van der Waals surface area (Å²) in [5, 5.41) is -1.44. The van der Waals surface area contributed by atoms with Crippen LogP contribution in [0.15, 0.2) is 66.8 Å². The van der Waals surface area contributed by atoms with E-state index in [4.69, 9.17) is 18.9 Å². The Labute approximate surface area is 255 Å². The van der Waals surface area contributed by atoms with E-state index in [-0.39, 0.29) is 31.6 Å². The molecule has 0 aliphatic carbocycles. The van der Waals surface area contributed by atoms with Crippen LogP contribution in [0.4, 0.5) is 4.79 Å². The predicted octanol–water partition coefficient (Wildman–Crippen LogP) is 5.59. The molecule has 236 valence electrons. The molecule has 0 radical (unpaired) electrons. The normalized spacial score (nSPS) is 15.3. The molecule has 0 saturated heterocycles. The fourth-order valence-electron chi connectivity index (χ4n) is 4.42. The van der Waals surface area contributed by atoms with Gasteiger partial charge in [-0.2, -0.15) is 0 Å². The van der Waals surface area contributed by atoms with Gasteiger partial charge < -0.3 is 18.9 Å². The summed E-state index contributed by atoms with van der Waals surface area (Å²) >= 11 is 0. The number of nitrogens with one attached hydrogen (secondary N) is 1. The van der Waals surface area contributed by atoms with Crippen molar-refractivity contribution in [2.45, 2.75) is 77.9 Å². The van der Waals surface area contributed by atoms with E-state index < -0.39 is 45.5 Å². The molecule has 0 fully saturated rings. The minimum Gasteiger partial charge on any atom is -0.458 e. The Kier molecular flexibility index (Phi) is 12.0. The Balaban J connectivity index is 1.89. The van der Waals surface area contributed by atoms with Gasteiger partial charge in [-0.1, -0.05) is 80.4 Å². The lowest BCUT2D eigenvalue weighted by atomic mass is 10.0. The van der Waals surface area contributed by atoms with Crippen molar-refractivity contribution in [2.75, 3.05) is 19.9 Å². The zero-order chi connectivity index (χ0) is 31.6. The molecule has 2 aromatic carbocycles. The fourth-order valence-corrected chi connectivity index (χ4v) is 5.94. The van der Waals surface area contributed by atoms with Gasteiger partial charge in [0.05, 0.1) is 6.54 Å². The van der Waals surface area contributed by atoms with Crippen LogP contribution in [0.25, 0.3) is 0 Å². The number of Topliss-reactive ketones (excluding diaryl/α,β-unsaturated/α-hetero) is 1. The second-order valence-corrected chi connectivity index (χ2v) is 13.6. The van der Waals surface area contributed by atoms with Crippen LogP contribution in [0.3, 0.4) is 0 Å². The quantitative estimate of drug-likeness (QED) is 0.275. The number of rotatable bonds is 15. The van der Waals surface area contributed by atoms with Crippen molar-refractivity contribution in [1.82, 2.24) is 9.62 Å². The van der Waals surface area contributed by atoms with Crippen LogP contribution >= 0.6 is 0 Å². The summed E-state index contributed by atoms with van der Waals surface area (Å²) < 4.78 is 52.3. The first kappa shape index (κ1) is 33.9. The first-order valence-electron chi connectivity index (χ1n) is 14.5. The lowest BCUT2D eigenvalue weighted by molar-refractivity contribution is -0.131. The van der Waals surface area contributed by atoms with E-state index in [1.165, 1.54) is 11.2 Å². The van der Waals surface area contributed by atoms with E-state index in [1.54, 1.807) is 39.0 Å². The van der Waals surface area contributed by atoms with E-state index in [0.717, 1.165) is 11.1 Å². The molecular formula is C32H44N2O8S. The number of amides is 1. The average Bonchev–Trinajstić information content (AvgIpc) is 3.46. The fraction of sp³-hybridized carbons (Fsp3) is 0.500. The molecule has 0 saturated carbocycles. The summed E-state index contributed by atoms with van der Waals surface area (Å²) in [5.41, 5.74) is 1.36. The van der Waals surface area contributed by atoms with Gasteiger partial charge in [0.25, 0.3) is 0 Å². The molecule has 1 aliphatic rings. The first-order chi connectivity index (χ1) is 20.3. The Morgan fingerprint density at radius 1 is 1.09 bits per heavy atom. The number of sulfonamides is 1. The van der Waals surface area contributed by atoms with Gasteiger partial charge in [-0.05, 0) is 57.6 Å². The number of carbonyl (C=O) groups is 2. The van der Waals surface area contributed by atoms with Gasteiger partial charge in [-0.25, -0.2) is 17.9 Å². The number of hydrogen-bond acceptors (Lipinski definition) is 8. The topological polar surface area (TPSA) is 120 Å². The smallest absolute Gasteiger partial charge is 0.411 e. The van der Waals surface area contributed by atoms with Gasteiger partial charge in [0, 0.05) is 6.54 Å². The largest absolute Gasteiger partial charge is 0.458 e. The molecule has 1 N–H and O–H groups in total. The van der Waals surface area contributed by atoms with E-state index >= 15 is 0 Å². The van der Waals surface area contributed by atoms with Crippen LogP contribution < -0.4 is 4.72 Å². The van der Waals surface area contributed by atoms with E-state index in [9.17, 15) is 18.0 Å². The van der Waals surface area contributed by atoms with Gasteiger partial charge in [-0.15, -0.1) is 0 Å². The summed E-state index contributed by atoms with van der Waals surface area (Å²) in [7, 11) is -4.34. The van der Waals surface area contributed by atoms with E-state index in [2.05, 4.69) is 4.72 Å². The maximum absolute atomic E-state index is 14.1. The van der Waals surface area contributed by atoms with Crippen molar-refractivity contribution < 1.29 is 37.0 Å². The standard InChI is InChI=1S/C32H44N2O8S/c1-7-23(2)20-34(31(36)42-32(4,5)6)30(26-15-11-12-24(3)18-26)43(37,38)33-19-27(35)28(41-29-21-39-22-40-29)17-16-25-13-9-8-10-14-25/h8-15,18,21,23,28,30,33H,7,16-17,19-20,22H2,1-6H3/t23?,28?,30-/m0/s1. The Morgan fingerprint density at radius 3 is 2.42 bits per heavy atom. The molecule has 1 amide bonds. The first-order valence-corrected chi connectivity index (χ1v) is 16.1. The molecule has 0 aromatic heterocycles. The number of ether oxygens (including phenoxy) is 4. The van der Waals surface area contributed by atoms with Crippen LogP contribution in [0.1, 0.15) is 69.5 Å². The van der Waals surface area contributed by atoms with Gasteiger partial charge in [0.2, 0.25) is 16.8 Å². The van der Waals surface area contributed by atoms with Crippen LogP contribution in [-0.4, -0.2) is 56.8 Å². The molecule has 2 aromatic rings. The molecule has 0 spiro atoms. The van der Waals surface area contributed by atoms with Gasteiger partial charge in [0.15, 0.2) is 23.5 Å². The molecular weight excluding hydrogens is 572 g/mol. The Bertz CT molecular complexity index is 1350. The number of benzene rings is 2. The van der Waals surface area contributed by atoms with Crippen LogP contribution in [0.5, 0.6) is 0 Å². The number of nitrogens with zero attached hydrogens (tertiary/aromatic N) is 1. The summed E-state index contributed by atoms with van der Waals surface area (Å²) in [6.07, 6.45) is 1.03. The monoisotopic (exact) mass is 616 g/mol. The summed E-state index contributed by atoms with van der Waals surface area (Å²) in [6, 6.07) is 16.5. The van der Waals surface area contributed by atoms with E-state index in [1.807, 2.05) is 57.2 Å². The summed E-state index contributed by atoms with van der Waals surface area (Å²) in [4.78, 5) is 28.2. The van der Waals surface area contributed by atoms with Crippen LogP contribution in [0.2, 0.25) is 0 Å². The third-order valence-electron chi connectivity index (χ3n) is 6.79. The van der Waals surface area contributed by atoms with Crippen molar-refractivity contribution in [3.8, 4) is 0 Å². The molecule has 3 rings (SSSR count). The maximum atomic E-state index is 14.1. The summed E-state index contributed by atoms with van der Waals surface area (Å²) in [6.45, 7) is 10.5. The molecule has 11 heteroatoms. The highest BCUT2D eigenvalue weighted by molar-refractivity contribution is 7.89. The summed E-state index contributed by atoms with van der Waals surface area (Å²) in [5.74, 6) is -0.462. The second-order valence-electron chi connectivity index (χ2n) is 11.7. The van der Waals surface area contributed by atoms with E-state index in [0.29, 0.717) is 18.4 Å². The van der Waals surface area contributed by atoms with Crippen molar-refractivity contribution >= 4 is 21.9 Å². The third-order valence-corrected chi connectivity index (χ3v) is 8.45. The maximum Gasteiger partial charge on any atom is 0.411 e. The average molecular weight is 617 g/mol. The van der Waals surface area contributed by atoms with Crippen molar-refractivity contribution in [2.24, 2.45) is 5.92 Å². The number of ketones is 1. The molecule has 1 aliphatic heterocycles. The lowest BCUT2D eigenvalue weighted by Gasteiger charge is -2.35. The van der Waals surface area contributed by atoms with Crippen molar-refractivity contribution in [1.29, 1.82) is 0 Å². The predicted molar refractivity (Wildman–Crippen MR) is 163 cm³/mol. The second kappa shape index (κ2) is 15.2. The van der Waals surface area contributed by atoms with Crippen molar-refractivity contribution in [3.05, 3.63) is 83.5 Å². The van der Waals surface area contributed by atoms with Crippen LogP contribution in [-0.2, 0) is 40.2 Å². The molecule has 43 heavy (non-hydrogen) atoms.